The number of nitrogens with one attached hydrogen (secondary N) is 2. The molecule has 1 fully saturated rings. The second-order valence-corrected chi connectivity index (χ2v) is 10.7. The van der Waals surface area contributed by atoms with E-state index in [2.05, 4.69) is 10.6 Å². The van der Waals surface area contributed by atoms with Gasteiger partial charge in [0.15, 0.2) is 0 Å². The highest BCUT2D eigenvalue weighted by molar-refractivity contribution is 5.99. The molecule has 0 saturated carbocycles. The molecule has 0 aromatic carbocycles. The van der Waals surface area contributed by atoms with Crippen molar-refractivity contribution in [2.45, 2.75) is 59.2 Å². The van der Waals surface area contributed by atoms with Crippen molar-refractivity contribution in [2.75, 3.05) is 52.4 Å². The Bertz CT molecular complexity index is 954. The van der Waals surface area contributed by atoms with E-state index in [1.54, 1.807) is 41.5 Å². The van der Waals surface area contributed by atoms with Gasteiger partial charge < -0.3 is 35.0 Å². The minimum absolute atomic E-state index is 0.0887. The van der Waals surface area contributed by atoms with Gasteiger partial charge in [-0.25, -0.2) is 9.69 Å². The van der Waals surface area contributed by atoms with Crippen molar-refractivity contribution >= 4 is 41.6 Å². The third-order valence-corrected chi connectivity index (χ3v) is 4.78. The molecule has 6 amide bonds. The van der Waals surface area contributed by atoms with Crippen molar-refractivity contribution in [3.05, 3.63) is 0 Å². The fourth-order valence-electron chi connectivity index (χ4n) is 3.14. The molecule has 1 aliphatic heterocycles. The van der Waals surface area contributed by atoms with Crippen LogP contribution in [0, 0.1) is 0 Å². The SMILES string of the molecule is CC(C)(C)OC(=O)CN1CC(=O)NCC(=O)N(CCCO)CC(=O)N(C(=O)OC(C)(C)C)CC(=O)NCC1=O. The number of aliphatic hydroxyl groups excluding tert-OH is 1. The Morgan fingerprint density at radius 3 is 1.79 bits per heavy atom. The van der Waals surface area contributed by atoms with E-state index in [1.807, 2.05) is 0 Å². The lowest BCUT2D eigenvalue weighted by Crippen LogP contribution is -2.51. The van der Waals surface area contributed by atoms with Gasteiger partial charge in [-0.05, 0) is 48.0 Å². The van der Waals surface area contributed by atoms with E-state index in [4.69, 9.17) is 9.47 Å². The van der Waals surface area contributed by atoms with Crippen molar-refractivity contribution < 1.29 is 48.1 Å². The number of imide groups is 1. The van der Waals surface area contributed by atoms with Crippen molar-refractivity contribution in [3.63, 3.8) is 0 Å². The van der Waals surface area contributed by atoms with Gasteiger partial charge in [0.1, 0.15) is 37.4 Å². The van der Waals surface area contributed by atoms with E-state index in [9.17, 15) is 38.7 Å². The molecule has 220 valence electrons. The topological polar surface area (TPSA) is 192 Å². The average molecular weight is 558 g/mol. The van der Waals surface area contributed by atoms with Crippen LogP contribution in [0.15, 0.2) is 0 Å². The summed E-state index contributed by atoms with van der Waals surface area (Å²) in [6.45, 7) is 5.20. The minimum atomic E-state index is -1.15. The first-order valence-electron chi connectivity index (χ1n) is 12.4. The summed E-state index contributed by atoms with van der Waals surface area (Å²) in [5.41, 5.74) is -1.88. The van der Waals surface area contributed by atoms with Crippen LogP contribution in [-0.4, -0.2) is 125 Å². The van der Waals surface area contributed by atoms with Gasteiger partial charge in [0.05, 0.1) is 13.1 Å². The van der Waals surface area contributed by atoms with Gasteiger partial charge in [-0.1, -0.05) is 0 Å². The van der Waals surface area contributed by atoms with Crippen molar-refractivity contribution in [1.82, 2.24) is 25.3 Å². The number of esters is 1. The Balaban J connectivity index is 3.28. The molecule has 0 aromatic heterocycles. The van der Waals surface area contributed by atoms with Gasteiger partial charge in [0.25, 0.3) is 5.91 Å². The summed E-state index contributed by atoms with van der Waals surface area (Å²) in [4.78, 5) is 91.2. The van der Waals surface area contributed by atoms with Crippen LogP contribution in [0.25, 0.3) is 0 Å². The van der Waals surface area contributed by atoms with Crippen molar-refractivity contribution in [2.24, 2.45) is 0 Å². The third kappa shape index (κ3) is 13.0. The fourth-order valence-corrected chi connectivity index (χ4v) is 3.14. The summed E-state index contributed by atoms with van der Waals surface area (Å²) in [5.74, 6) is -5.01. The Morgan fingerprint density at radius 2 is 1.28 bits per heavy atom. The second-order valence-electron chi connectivity index (χ2n) is 10.7. The smallest absolute Gasteiger partial charge is 0.417 e. The van der Waals surface area contributed by atoms with Gasteiger partial charge in [0, 0.05) is 13.2 Å². The van der Waals surface area contributed by atoms with Gasteiger partial charge in [-0.2, -0.15) is 0 Å². The van der Waals surface area contributed by atoms with Gasteiger partial charge in [-0.15, -0.1) is 0 Å². The van der Waals surface area contributed by atoms with E-state index in [0.717, 1.165) is 9.80 Å². The molecule has 0 aliphatic carbocycles. The highest BCUT2D eigenvalue weighted by Crippen LogP contribution is 2.11. The number of nitrogens with zero attached hydrogens (tertiary/aromatic N) is 3. The van der Waals surface area contributed by atoms with Gasteiger partial charge in [0.2, 0.25) is 23.6 Å². The molecule has 15 heteroatoms. The molecule has 0 aromatic rings. The number of hydrogen-bond donors (Lipinski definition) is 3. The Morgan fingerprint density at radius 1 is 0.769 bits per heavy atom. The molecular weight excluding hydrogens is 518 g/mol. The van der Waals surface area contributed by atoms with E-state index in [0.29, 0.717) is 4.90 Å². The summed E-state index contributed by atoms with van der Waals surface area (Å²) in [6.07, 6.45) is -1.05. The molecule has 1 rings (SSSR count). The number of aliphatic hydroxyl groups is 1. The van der Waals surface area contributed by atoms with Gasteiger partial charge in [-0.3, -0.25) is 28.8 Å². The maximum Gasteiger partial charge on any atom is 0.417 e. The number of rotatable bonds is 5. The maximum absolute atomic E-state index is 13.0. The van der Waals surface area contributed by atoms with Crippen LogP contribution in [0.1, 0.15) is 48.0 Å². The van der Waals surface area contributed by atoms with Crippen LogP contribution >= 0.6 is 0 Å². The monoisotopic (exact) mass is 557 g/mol. The Kier molecular flexibility index (Phi) is 12.3. The van der Waals surface area contributed by atoms with Crippen molar-refractivity contribution in [1.29, 1.82) is 0 Å². The summed E-state index contributed by atoms with van der Waals surface area (Å²) >= 11 is 0. The average Bonchev–Trinajstić information content (AvgIpc) is 2.78. The Labute approximate surface area is 227 Å². The van der Waals surface area contributed by atoms with E-state index < -0.39 is 92.1 Å². The zero-order chi connectivity index (χ0) is 30.0. The predicted octanol–water partition coefficient (Wildman–Crippen LogP) is -1.62. The molecule has 39 heavy (non-hydrogen) atoms. The summed E-state index contributed by atoms with van der Waals surface area (Å²) in [6, 6.07) is 0. The quantitative estimate of drug-likeness (QED) is 0.331. The first kappa shape index (κ1) is 33.3. The molecule has 1 heterocycles. The number of ether oxygens (including phenoxy) is 2. The summed E-state index contributed by atoms with van der Waals surface area (Å²) < 4.78 is 10.4. The molecule has 0 bridgehead atoms. The number of amides is 6. The second kappa shape index (κ2) is 14.4. The predicted molar refractivity (Wildman–Crippen MR) is 135 cm³/mol. The molecule has 0 radical (unpaired) electrons. The largest absolute Gasteiger partial charge is 0.459 e. The lowest BCUT2D eigenvalue weighted by Gasteiger charge is -2.28. The molecule has 3 N–H and O–H groups in total. The van der Waals surface area contributed by atoms with E-state index >= 15 is 0 Å². The standard InChI is InChI=1S/C24H39N5O10/c1-23(2,3)38-21(36)15-28-12-16(31)25-10-18(33)27(8-7-9-30)14-20(35)29(22(37)39-24(4,5)6)13-17(32)26-11-19(28)34/h30H,7-15H2,1-6H3,(H,25,31)(H,26,32). The highest BCUT2D eigenvalue weighted by atomic mass is 16.6. The first-order chi connectivity index (χ1) is 17.9. The van der Waals surface area contributed by atoms with Gasteiger partial charge >= 0.3 is 12.1 Å². The molecular formula is C24H39N5O10. The molecule has 1 saturated heterocycles. The molecule has 0 spiro atoms. The van der Waals surface area contributed by atoms with Crippen LogP contribution in [0.4, 0.5) is 4.79 Å². The van der Waals surface area contributed by atoms with E-state index in [-0.39, 0.29) is 19.6 Å². The van der Waals surface area contributed by atoms with Crippen LogP contribution in [-0.2, 0) is 38.2 Å². The Hall–Kier alpha value is -3.75. The summed E-state index contributed by atoms with van der Waals surface area (Å²) in [7, 11) is 0. The van der Waals surface area contributed by atoms with Crippen LogP contribution in [0.5, 0.6) is 0 Å². The summed E-state index contributed by atoms with van der Waals surface area (Å²) in [5, 5.41) is 13.8. The van der Waals surface area contributed by atoms with Crippen molar-refractivity contribution in [3.8, 4) is 0 Å². The molecule has 0 atom stereocenters. The normalized spacial score (nSPS) is 17.2. The minimum Gasteiger partial charge on any atom is -0.459 e. The molecule has 15 nitrogen and oxygen atoms in total. The number of hydrogen-bond acceptors (Lipinski definition) is 10. The zero-order valence-electron chi connectivity index (χ0n) is 23.3. The number of carbonyl (C=O) groups is 7. The highest BCUT2D eigenvalue weighted by Gasteiger charge is 2.32. The van der Waals surface area contributed by atoms with E-state index in [1.165, 1.54) is 0 Å². The zero-order valence-corrected chi connectivity index (χ0v) is 23.3. The van der Waals surface area contributed by atoms with Crippen LogP contribution in [0.2, 0.25) is 0 Å². The first-order valence-corrected chi connectivity index (χ1v) is 12.4. The fraction of sp³-hybridized carbons (Fsp3) is 0.708. The van der Waals surface area contributed by atoms with Crippen LogP contribution in [0.3, 0.4) is 0 Å². The molecule has 1 aliphatic rings. The lowest BCUT2D eigenvalue weighted by molar-refractivity contribution is -0.159. The molecule has 0 unspecified atom stereocenters. The van der Waals surface area contributed by atoms with Crippen LogP contribution < -0.4 is 10.6 Å². The maximum atomic E-state index is 13.0. The number of carbonyl (C=O) groups excluding carboxylic acids is 7. The third-order valence-electron chi connectivity index (χ3n) is 4.78. The lowest BCUT2D eigenvalue weighted by atomic mass is 10.2.